The lowest BCUT2D eigenvalue weighted by atomic mass is 10.1. The number of hydrogen-bond acceptors (Lipinski definition) is 4. The summed E-state index contributed by atoms with van der Waals surface area (Å²) < 4.78 is 33.2. The van der Waals surface area contributed by atoms with E-state index in [-0.39, 0.29) is 16.4 Å². The van der Waals surface area contributed by atoms with Crippen LogP contribution in [0.2, 0.25) is 0 Å². The SMILES string of the molecule is COc1ccc(S(=O)(=O)N2CCCC2)cc1C(=O)N(Cc1ccccc1)Cc1ccccc1. The zero-order chi connectivity index (χ0) is 23.3. The zero-order valence-electron chi connectivity index (χ0n) is 18.7. The molecule has 1 heterocycles. The molecule has 0 bridgehead atoms. The highest BCUT2D eigenvalue weighted by Gasteiger charge is 2.29. The van der Waals surface area contributed by atoms with Gasteiger partial charge in [0.2, 0.25) is 10.0 Å². The lowest BCUT2D eigenvalue weighted by Gasteiger charge is -2.25. The van der Waals surface area contributed by atoms with E-state index in [0.717, 1.165) is 24.0 Å². The first-order valence-electron chi connectivity index (χ1n) is 11.0. The third-order valence-electron chi connectivity index (χ3n) is 5.82. The highest BCUT2D eigenvalue weighted by molar-refractivity contribution is 7.89. The van der Waals surface area contributed by atoms with Gasteiger partial charge in [0.05, 0.1) is 17.6 Å². The van der Waals surface area contributed by atoms with Crippen LogP contribution in [0.5, 0.6) is 5.75 Å². The second-order valence-corrected chi connectivity index (χ2v) is 10.0. The molecule has 3 aromatic carbocycles. The van der Waals surface area contributed by atoms with Gasteiger partial charge in [0.25, 0.3) is 5.91 Å². The molecular formula is C26H28N2O4S. The molecule has 0 spiro atoms. The van der Waals surface area contributed by atoms with Crippen LogP contribution < -0.4 is 4.74 Å². The molecule has 0 atom stereocenters. The molecule has 6 nitrogen and oxygen atoms in total. The number of carbonyl (C=O) groups excluding carboxylic acids is 1. The number of ether oxygens (including phenoxy) is 1. The summed E-state index contributed by atoms with van der Waals surface area (Å²) in [5.41, 5.74) is 2.22. The van der Waals surface area contributed by atoms with E-state index in [1.54, 1.807) is 11.0 Å². The molecule has 0 aromatic heterocycles. The molecule has 1 amide bonds. The average Bonchev–Trinajstić information content (AvgIpc) is 3.40. The molecule has 172 valence electrons. The Kier molecular flexibility index (Phi) is 7.11. The summed E-state index contributed by atoms with van der Waals surface area (Å²) in [6.45, 7) is 1.79. The topological polar surface area (TPSA) is 66.9 Å². The molecule has 0 saturated carbocycles. The molecule has 1 aliphatic heterocycles. The second-order valence-electron chi connectivity index (χ2n) is 8.11. The molecule has 0 aliphatic carbocycles. The van der Waals surface area contributed by atoms with E-state index in [1.807, 2.05) is 60.7 Å². The van der Waals surface area contributed by atoms with Crippen molar-refractivity contribution in [3.05, 3.63) is 95.6 Å². The second kappa shape index (κ2) is 10.2. The summed E-state index contributed by atoms with van der Waals surface area (Å²) in [5, 5.41) is 0. The Bertz CT molecular complexity index is 1150. The number of rotatable bonds is 8. The predicted octanol–water partition coefficient (Wildman–Crippen LogP) is 4.32. The predicted molar refractivity (Wildman–Crippen MR) is 127 cm³/mol. The van der Waals surface area contributed by atoms with Gasteiger partial charge in [-0.25, -0.2) is 8.42 Å². The van der Waals surface area contributed by atoms with Crippen LogP contribution in [-0.4, -0.2) is 43.7 Å². The van der Waals surface area contributed by atoms with Crippen molar-refractivity contribution < 1.29 is 17.9 Å². The van der Waals surface area contributed by atoms with E-state index in [1.165, 1.54) is 23.5 Å². The fourth-order valence-electron chi connectivity index (χ4n) is 4.07. The maximum Gasteiger partial charge on any atom is 0.258 e. The smallest absolute Gasteiger partial charge is 0.258 e. The van der Waals surface area contributed by atoms with Crippen molar-refractivity contribution >= 4 is 15.9 Å². The van der Waals surface area contributed by atoms with Gasteiger partial charge in [-0.15, -0.1) is 0 Å². The van der Waals surface area contributed by atoms with Gasteiger partial charge in [0.15, 0.2) is 0 Å². The van der Waals surface area contributed by atoms with Crippen LogP contribution in [0, 0.1) is 0 Å². The van der Waals surface area contributed by atoms with E-state index in [0.29, 0.717) is 31.9 Å². The van der Waals surface area contributed by atoms with E-state index in [4.69, 9.17) is 4.74 Å². The maximum atomic E-state index is 13.8. The van der Waals surface area contributed by atoms with Gasteiger partial charge in [0.1, 0.15) is 5.75 Å². The van der Waals surface area contributed by atoms with Crippen molar-refractivity contribution in [2.75, 3.05) is 20.2 Å². The van der Waals surface area contributed by atoms with Crippen molar-refractivity contribution in [1.29, 1.82) is 0 Å². The van der Waals surface area contributed by atoms with Gasteiger partial charge in [0, 0.05) is 26.2 Å². The van der Waals surface area contributed by atoms with Crippen LogP contribution in [0.3, 0.4) is 0 Å². The summed E-state index contributed by atoms with van der Waals surface area (Å²) in [5.74, 6) is 0.0736. The molecule has 1 aliphatic rings. The Balaban J connectivity index is 1.71. The van der Waals surface area contributed by atoms with Crippen LogP contribution in [0.1, 0.15) is 34.3 Å². The van der Waals surface area contributed by atoms with E-state index in [2.05, 4.69) is 0 Å². The van der Waals surface area contributed by atoms with Gasteiger partial charge in [-0.2, -0.15) is 4.31 Å². The molecule has 0 N–H and O–H groups in total. The van der Waals surface area contributed by atoms with Crippen LogP contribution in [0.25, 0.3) is 0 Å². The lowest BCUT2D eigenvalue weighted by Crippen LogP contribution is -2.31. The molecule has 0 unspecified atom stereocenters. The van der Waals surface area contributed by atoms with Crippen LogP contribution in [0.15, 0.2) is 83.8 Å². The largest absolute Gasteiger partial charge is 0.496 e. The number of nitrogens with zero attached hydrogens (tertiary/aromatic N) is 2. The molecular weight excluding hydrogens is 436 g/mol. The molecule has 7 heteroatoms. The fraction of sp³-hybridized carbons (Fsp3) is 0.269. The normalized spacial score (nSPS) is 14.2. The number of carbonyl (C=O) groups is 1. The Morgan fingerprint density at radius 3 is 1.94 bits per heavy atom. The average molecular weight is 465 g/mol. The minimum absolute atomic E-state index is 0.118. The molecule has 1 saturated heterocycles. The number of sulfonamides is 1. The van der Waals surface area contributed by atoms with Gasteiger partial charge >= 0.3 is 0 Å². The zero-order valence-corrected chi connectivity index (χ0v) is 19.5. The van der Waals surface area contributed by atoms with Gasteiger partial charge in [-0.1, -0.05) is 60.7 Å². The summed E-state index contributed by atoms with van der Waals surface area (Å²) in [7, 11) is -2.17. The third-order valence-corrected chi connectivity index (χ3v) is 7.72. The number of hydrogen-bond donors (Lipinski definition) is 0. The highest BCUT2D eigenvalue weighted by Crippen LogP contribution is 2.28. The maximum absolute atomic E-state index is 13.8. The van der Waals surface area contributed by atoms with Crippen molar-refractivity contribution in [2.24, 2.45) is 0 Å². The Morgan fingerprint density at radius 1 is 0.879 bits per heavy atom. The third kappa shape index (κ3) is 5.26. The number of amides is 1. The standard InChI is InChI=1S/C26H28N2O4S/c1-32-25-15-14-23(33(30,31)28-16-8-9-17-28)18-24(25)26(29)27(19-21-10-4-2-5-11-21)20-22-12-6-3-7-13-22/h2-7,10-15,18H,8-9,16-17,19-20H2,1H3. The molecule has 4 rings (SSSR count). The Labute approximate surface area is 195 Å². The number of benzene rings is 3. The van der Waals surface area contributed by atoms with Gasteiger partial charge in [-0.05, 0) is 42.2 Å². The minimum atomic E-state index is -3.66. The first-order valence-corrected chi connectivity index (χ1v) is 12.5. The first-order chi connectivity index (χ1) is 16.0. The molecule has 3 aromatic rings. The van der Waals surface area contributed by atoms with Gasteiger partial charge in [-0.3, -0.25) is 4.79 Å². The van der Waals surface area contributed by atoms with E-state index >= 15 is 0 Å². The summed E-state index contributed by atoms with van der Waals surface area (Å²) >= 11 is 0. The quantitative estimate of drug-likeness (QED) is 0.498. The molecule has 1 fully saturated rings. The fourth-order valence-corrected chi connectivity index (χ4v) is 5.61. The minimum Gasteiger partial charge on any atom is -0.496 e. The number of methoxy groups -OCH3 is 1. The van der Waals surface area contributed by atoms with Crippen molar-refractivity contribution in [3.8, 4) is 5.75 Å². The summed E-state index contributed by atoms with van der Waals surface area (Å²) in [6.07, 6.45) is 1.70. The monoisotopic (exact) mass is 464 g/mol. The Hall–Kier alpha value is -3.16. The van der Waals surface area contributed by atoms with E-state index in [9.17, 15) is 13.2 Å². The first kappa shape index (κ1) is 23.0. The van der Waals surface area contributed by atoms with Crippen LogP contribution >= 0.6 is 0 Å². The Morgan fingerprint density at radius 2 is 1.42 bits per heavy atom. The summed E-state index contributed by atoms with van der Waals surface area (Å²) in [6, 6.07) is 24.0. The molecule has 0 radical (unpaired) electrons. The van der Waals surface area contributed by atoms with Gasteiger partial charge < -0.3 is 9.64 Å². The van der Waals surface area contributed by atoms with Crippen molar-refractivity contribution in [2.45, 2.75) is 30.8 Å². The van der Waals surface area contributed by atoms with Crippen molar-refractivity contribution in [3.63, 3.8) is 0 Å². The highest BCUT2D eigenvalue weighted by atomic mass is 32.2. The van der Waals surface area contributed by atoms with Crippen LogP contribution in [0.4, 0.5) is 0 Å². The van der Waals surface area contributed by atoms with Crippen molar-refractivity contribution in [1.82, 2.24) is 9.21 Å². The lowest BCUT2D eigenvalue weighted by molar-refractivity contribution is 0.0726. The van der Waals surface area contributed by atoms with E-state index < -0.39 is 10.0 Å². The molecule has 33 heavy (non-hydrogen) atoms. The summed E-state index contributed by atoms with van der Waals surface area (Å²) in [4.78, 5) is 15.6. The van der Waals surface area contributed by atoms with Crippen LogP contribution in [-0.2, 0) is 23.1 Å².